The molecule has 2 bridgehead atoms. The Hall–Kier alpha value is -0.860. The molecular weight excluding hydrogens is 298 g/mol. The molecule has 1 amide bonds. The largest absolute Gasteiger partial charge is 0.444 e. The molecule has 2 unspecified atom stereocenters. The van der Waals surface area contributed by atoms with Gasteiger partial charge in [0.05, 0.1) is 25.6 Å². The van der Waals surface area contributed by atoms with Gasteiger partial charge in [0.25, 0.3) is 10.1 Å². The number of hydrogen-bond donors (Lipinski definition) is 0. The Morgan fingerprint density at radius 1 is 1.19 bits per heavy atom. The van der Waals surface area contributed by atoms with Gasteiger partial charge >= 0.3 is 6.09 Å². The SMILES string of the molecule is CC(C)(C)OC(=O)N1CC2COCC(C1)C2OS(C)(=O)=O. The molecule has 0 spiro atoms. The fraction of sp³-hybridized carbons (Fsp3) is 0.923. The summed E-state index contributed by atoms with van der Waals surface area (Å²) in [6.45, 7) is 6.97. The fourth-order valence-corrected chi connectivity index (χ4v) is 3.45. The number of likely N-dealkylation sites (tertiary alicyclic amines) is 1. The maximum absolute atomic E-state index is 12.1. The molecule has 7 nitrogen and oxygen atoms in total. The van der Waals surface area contributed by atoms with Crippen molar-refractivity contribution in [1.29, 1.82) is 0 Å². The Bertz CT molecular complexity index is 483. The third kappa shape index (κ3) is 4.55. The Morgan fingerprint density at radius 3 is 2.14 bits per heavy atom. The van der Waals surface area contributed by atoms with Crippen LogP contribution in [0.25, 0.3) is 0 Å². The Kier molecular flexibility index (Phi) is 4.51. The molecule has 0 aliphatic carbocycles. The highest BCUT2D eigenvalue weighted by Gasteiger charge is 2.44. The second kappa shape index (κ2) is 5.73. The van der Waals surface area contributed by atoms with E-state index >= 15 is 0 Å². The second-order valence-corrected chi connectivity index (χ2v) is 8.31. The molecule has 0 radical (unpaired) electrons. The summed E-state index contributed by atoms with van der Waals surface area (Å²) in [7, 11) is -3.52. The van der Waals surface area contributed by atoms with Crippen LogP contribution in [0, 0.1) is 11.8 Å². The summed E-state index contributed by atoms with van der Waals surface area (Å²) in [4.78, 5) is 13.8. The van der Waals surface area contributed by atoms with Crippen LogP contribution in [0.5, 0.6) is 0 Å². The topological polar surface area (TPSA) is 82.1 Å². The van der Waals surface area contributed by atoms with Gasteiger partial charge in [-0.05, 0) is 20.8 Å². The van der Waals surface area contributed by atoms with Gasteiger partial charge in [0.15, 0.2) is 0 Å². The van der Waals surface area contributed by atoms with Crippen LogP contribution in [0.1, 0.15) is 20.8 Å². The summed E-state index contributed by atoms with van der Waals surface area (Å²) in [5.41, 5.74) is -0.553. The van der Waals surface area contributed by atoms with Crippen LogP contribution in [0.3, 0.4) is 0 Å². The second-order valence-electron chi connectivity index (χ2n) is 6.71. The standard InChI is InChI=1S/C13H23NO6S/c1-13(2,3)19-12(15)14-5-9-7-18-8-10(6-14)11(9)20-21(4,16)17/h9-11H,5-8H2,1-4H3. The van der Waals surface area contributed by atoms with E-state index in [0.29, 0.717) is 26.3 Å². The quantitative estimate of drug-likeness (QED) is 0.701. The molecule has 8 heteroatoms. The summed E-state index contributed by atoms with van der Waals surface area (Å²) in [6.07, 6.45) is 0.244. The summed E-state index contributed by atoms with van der Waals surface area (Å²) in [5.74, 6) is -0.306. The number of rotatable bonds is 2. The normalized spacial score (nSPS) is 30.1. The first kappa shape index (κ1) is 16.5. The Morgan fingerprint density at radius 2 is 1.71 bits per heavy atom. The van der Waals surface area contributed by atoms with Crippen LogP contribution in [0.15, 0.2) is 0 Å². The number of carbonyl (C=O) groups is 1. The van der Waals surface area contributed by atoms with Gasteiger partial charge in [-0.2, -0.15) is 8.42 Å². The zero-order valence-electron chi connectivity index (χ0n) is 12.9. The molecule has 122 valence electrons. The number of hydrogen-bond acceptors (Lipinski definition) is 6. The number of amides is 1. The average molecular weight is 321 g/mol. The van der Waals surface area contributed by atoms with E-state index in [-0.39, 0.29) is 17.9 Å². The molecule has 0 aromatic rings. The maximum atomic E-state index is 12.1. The molecule has 0 saturated carbocycles. The first-order chi connectivity index (χ1) is 9.55. The molecule has 2 saturated heterocycles. The molecular formula is C13H23NO6S. The molecule has 2 fully saturated rings. The number of nitrogens with zero attached hydrogens (tertiary/aromatic N) is 1. The molecule has 2 heterocycles. The molecule has 2 atom stereocenters. The number of piperidine rings is 1. The van der Waals surface area contributed by atoms with Gasteiger partial charge in [-0.15, -0.1) is 0 Å². The number of fused-ring (bicyclic) bond motifs is 2. The highest BCUT2D eigenvalue weighted by Crippen LogP contribution is 2.31. The Labute approximate surface area is 125 Å². The van der Waals surface area contributed by atoms with Crippen molar-refractivity contribution < 1.29 is 26.9 Å². The summed E-state index contributed by atoms with van der Waals surface area (Å²) < 4.78 is 38.7. The van der Waals surface area contributed by atoms with Crippen molar-refractivity contribution >= 4 is 16.2 Å². The van der Waals surface area contributed by atoms with Gasteiger partial charge in [-0.3, -0.25) is 4.18 Å². The van der Waals surface area contributed by atoms with E-state index in [9.17, 15) is 13.2 Å². The van der Waals surface area contributed by atoms with E-state index in [4.69, 9.17) is 13.7 Å². The van der Waals surface area contributed by atoms with E-state index in [1.807, 2.05) is 20.8 Å². The minimum atomic E-state index is -3.52. The lowest BCUT2D eigenvalue weighted by molar-refractivity contribution is -0.110. The zero-order chi connectivity index (χ0) is 15.8. The van der Waals surface area contributed by atoms with Gasteiger partial charge in [0.2, 0.25) is 0 Å². The van der Waals surface area contributed by atoms with Crippen LogP contribution in [0.2, 0.25) is 0 Å². The average Bonchev–Trinajstić information content (AvgIpc) is 2.23. The maximum Gasteiger partial charge on any atom is 0.410 e. The summed E-state index contributed by atoms with van der Waals surface area (Å²) in [5, 5.41) is 0. The number of ether oxygens (including phenoxy) is 2. The van der Waals surface area contributed by atoms with Crippen molar-refractivity contribution in [1.82, 2.24) is 4.90 Å². The highest BCUT2D eigenvalue weighted by atomic mass is 32.2. The van der Waals surface area contributed by atoms with Crippen LogP contribution in [0.4, 0.5) is 4.79 Å². The molecule has 2 aliphatic rings. The molecule has 21 heavy (non-hydrogen) atoms. The lowest BCUT2D eigenvalue weighted by atomic mass is 9.85. The Balaban J connectivity index is 2.06. The van der Waals surface area contributed by atoms with E-state index in [1.54, 1.807) is 4.90 Å². The van der Waals surface area contributed by atoms with Crippen molar-refractivity contribution in [2.75, 3.05) is 32.6 Å². The molecule has 0 aromatic carbocycles. The van der Waals surface area contributed by atoms with Crippen LogP contribution in [-0.4, -0.2) is 63.7 Å². The third-order valence-corrected chi connectivity index (χ3v) is 4.01. The zero-order valence-corrected chi connectivity index (χ0v) is 13.7. The van der Waals surface area contributed by atoms with E-state index in [2.05, 4.69) is 0 Å². The van der Waals surface area contributed by atoms with Crippen LogP contribution >= 0.6 is 0 Å². The monoisotopic (exact) mass is 321 g/mol. The lowest BCUT2D eigenvalue weighted by Gasteiger charge is -2.45. The van der Waals surface area contributed by atoms with Gasteiger partial charge in [-0.1, -0.05) is 0 Å². The summed E-state index contributed by atoms with van der Waals surface area (Å²) in [6, 6.07) is 0. The van der Waals surface area contributed by atoms with Crippen LogP contribution in [-0.2, 0) is 23.8 Å². The van der Waals surface area contributed by atoms with Crippen molar-refractivity contribution in [2.45, 2.75) is 32.5 Å². The summed E-state index contributed by atoms with van der Waals surface area (Å²) >= 11 is 0. The fourth-order valence-electron chi connectivity index (χ4n) is 2.73. The molecule has 0 N–H and O–H groups in total. The predicted octanol–water partition coefficient (Wildman–Crippen LogP) is 0.845. The van der Waals surface area contributed by atoms with Crippen molar-refractivity contribution in [3.05, 3.63) is 0 Å². The lowest BCUT2D eigenvalue weighted by Crippen LogP contribution is -2.58. The van der Waals surface area contributed by atoms with Crippen molar-refractivity contribution in [2.24, 2.45) is 11.8 Å². The van der Waals surface area contributed by atoms with Gasteiger partial charge in [0, 0.05) is 24.9 Å². The van der Waals surface area contributed by atoms with Crippen molar-refractivity contribution in [3.63, 3.8) is 0 Å². The first-order valence-electron chi connectivity index (χ1n) is 6.99. The number of carbonyl (C=O) groups excluding carboxylic acids is 1. The predicted molar refractivity (Wildman–Crippen MR) is 75.3 cm³/mol. The van der Waals surface area contributed by atoms with E-state index < -0.39 is 21.8 Å². The van der Waals surface area contributed by atoms with E-state index in [1.165, 1.54) is 0 Å². The molecule has 2 aliphatic heterocycles. The van der Waals surface area contributed by atoms with Crippen molar-refractivity contribution in [3.8, 4) is 0 Å². The highest BCUT2D eigenvalue weighted by molar-refractivity contribution is 7.86. The smallest absolute Gasteiger partial charge is 0.410 e. The van der Waals surface area contributed by atoms with Gasteiger partial charge in [-0.25, -0.2) is 4.79 Å². The third-order valence-electron chi connectivity index (χ3n) is 3.44. The molecule has 0 aromatic heterocycles. The first-order valence-corrected chi connectivity index (χ1v) is 8.81. The van der Waals surface area contributed by atoms with E-state index in [0.717, 1.165) is 6.26 Å². The van der Waals surface area contributed by atoms with Gasteiger partial charge < -0.3 is 14.4 Å². The minimum Gasteiger partial charge on any atom is -0.444 e. The van der Waals surface area contributed by atoms with Crippen LogP contribution < -0.4 is 0 Å². The van der Waals surface area contributed by atoms with Gasteiger partial charge in [0.1, 0.15) is 5.60 Å². The molecule has 2 rings (SSSR count). The minimum absolute atomic E-state index is 0.153.